The molecule has 1 aliphatic heterocycles. The number of aliphatic carboxylic acids is 1. The van der Waals surface area contributed by atoms with Crippen molar-refractivity contribution in [3.8, 4) is 5.75 Å². The summed E-state index contributed by atoms with van der Waals surface area (Å²) in [5, 5.41) is 11.5. The van der Waals surface area contributed by atoms with Crippen LogP contribution in [0.4, 0.5) is 0 Å². The third kappa shape index (κ3) is 4.89. The Balaban J connectivity index is 1.51. The SMILES string of the molecule is Cc1ocnc1C(Cc1cccs1)Oc1cccc(CN2CCOC[C@H]2C(=O)O)c1. The largest absolute Gasteiger partial charge is 0.484 e. The fourth-order valence-electron chi connectivity index (χ4n) is 3.60. The average molecular weight is 429 g/mol. The Morgan fingerprint density at radius 2 is 2.30 bits per heavy atom. The number of carbonyl (C=O) groups is 1. The Bertz CT molecular complexity index is 972. The van der Waals surface area contributed by atoms with Crippen LogP contribution in [0.3, 0.4) is 0 Å². The molecule has 0 saturated carbocycles. The lowest BCUT2D eigenvalue weighted by molar-refractivity contribution is -0.150. The number of morpholine rings is 1. The van der Waals surface area contributed by atoms with Gasteiger partial charge in [-0.25, -0.2) is 4.98 Å². The van der Waals surface area contributed by atoms with Gasteiger partial charge in [-0.3, -0.25) is 9.69 Å². The van der Waals surface area contributed by atoms with Gasteiger partial charge in [0.05, 0.1) is 13.2 Å². The summed E-state index contributed by atoms with van der Waals surface area (Å²) in [4.78, 5) is 19.0. The average Bonchev–Trinajstić information content (AvgIpc) is 3.39. The number of thiophene rings is 1. The Morgan fingerprint density at radius 3 is 3.03 bits per heavy atom. The first kappa shape index (κ1) is 20.6. The van der Waals surface area contributed by atoms with E-state index < -0.39 is 12.0 Å². The van der Waals surface area contributed by atoms with Crippen molar-refractivity contribution in [1.29, 1.82) is 0 Å². The highest BCUT2D eigenvalue weighted by atomic mass is 32.1. The lowest BCUT2D eigenvalue weighted by Gasteiger charge is -2.32. The molecule has 1 aromatic carbocycles. The lowest BCUT2D eigenvalue weighted by atomic mass is 10.1. The van der Waals surface area contributed by atoms with E-state index in [1.165, 1.54) is 11.3 Å². The van der Waals surface area contributed by atoms with E-state index in [9.17, 15) is 9.90 Å². The van der Waals surface area contributed by atoms with Gasteiger partial charge >= 0.3 is 5.97 Å². The summed E-state index contributed by atoms with van der Waals surface area (Å²) in [5.41, 5.74) is 1.78. The highest BCUT2D eigenvalue weighted by Gasteiger charge is 2.29. The zero-order valence-corrected chi connectivity index (χ0v) is 17.5. The first-order valence-electron chi connectivity index (χ1n) is 9.82. The van der Waals surface area contributed by atoms with Gasteiger partial charge in [-0.2, -0.15) is 0 Å². The smallest absolute Gasteiger partial charge is 0.323 e. The molecule has 1 aliphatic rings. The molecular weight excluding hydrogens is 404 g/mol. The Labute approximate surface area is 178 Å². The van der Waals surface area contributed by atoms with Gasteiger partial charge in [-0.05, 0) is 36.1 Å². The standard InChI is InChI=1S/C22H24N2O5S/c1-15-21(23-14-28-15)20(11-18-6-3-9-30-18)29-17-5-2-4-16(10-17)12-24-7-8-27-13-19(24)22(25)26/h2-6,9-10,14,19-20H,7-8,11-13H2,1H3,(H,25,26)/t19-,20?/m0/s1. The number of carboxylic acids is 1. The van der Waals surface area contributed by atoms with Crippen molar-refractivity contribution in [3.05, 3.63) is 70.1 Å². The number of benzene rings is 1. The molecule has 2 aromatic heterocycles. The third-order valence-corrected chi connectivity index (χ3v) is 6.04. The molecule has 158 valence electrons. The van der Waals surface area contributed by atoms with Crippen LogP contribution in [0.2, 0.25) is 0 Å². The molecule has 2 atom stereocenters. The predicted molar refractivity (Wildman–Crippen MR) is 112 cm³/mol. The summed E-state index contributed by atoms with van der Waals surface area (Å²) in [6, 6.07) is 11.3. The van der Waals surface area contributed by atoms with Crippen LogP contribution in [0.25, 0.3) is 0 Å². The van der Waals surface area contributed by atoms with Gasteiger partial charge in [0.2, 0.25) is 0 Å². The Morgan fingerprint density at radius 1 is 1.40 bits per heavy atom. The second kappa shape index (κ2) is 9.42. The van der Waals surface area contributed by atoms with Crippen molar-refractivity contribution in [2.45, 2.75) is 32.0 Å². The molecule has 7 nitrogen and oxygen atoms in total. The number of hydrogen-bond donors (Lipinski definition) is 1. The molecular formula is C22H24N2O5S. The number of oxazole rings is 1. The van der Waals surface area contributed by atoms with Gasteiger partial charge < -0.3 is 19.0 Å². The van der Waals surface area contributed by atoms with Crippen LogP contribution in [0.5, 0.6) is 5.75 Å². The maximum atomic E-state index is 11.5. The van der Waals surface area contributed by atoms with Gasteiger partial charge in [0.1, 0.15) is 29.3 Å². The van der Waals surface area contributed by atoms with E-state index in [2.05, 4.69) is 11.1 Å². The topological polar surface area (TPSA) is 85.0 Å². The van der Waals surface area contributed by atoms with E-state index in [1.807, 2.05) is 47.5 Å². The molecule has 1 saturated heterocycles. The van der Waals surface area contributed by atoms with Gasteiger partial charge in [0.15, 0.2) is 6.39 Å². The molecule has 3 heterocycles. The maximum Gasteiger partial charge on any atom is 0.323 e. The number of rotatable bonds is 8. The third-order valence-electron chi connectivity index (χ3n) is 5.14. The van der Waals surface area contributed by atoms with Crippen LogP contribution >= 0.6 is 11.3 Å². The minimum Gasteiger partial charge on any atom is -0.484 e. The van der Waals surface area contributed by atoms with Crippen molar-refractivity contribution in [2.24, 2.45) is 0 Å². The van der Waals surface area contributed by atoms with Crippen LogP contribution in [0, 0.1) is 6.92 Å². The molecule has 0 amide bonds. The van der Waals surface area contributed by atoms with E-state index in [-0.39, 0.29) is 12.7 Å². The maximum absolute atomic E-state index is 11.5. The number of carboxylic acid groups (broad SMARTS) is 1. The fraction of sp³-hybridized carbons (Fsp3) is 0.364. The van der Waals surface area contributed by atoms with E-state index in [1.54, 1.807) is 11.3 Å². The number of hydrogen-bond acceptors (Lipinski definition) is 7. The summed E-state index contributed by atoms with van der Waals surface area (Å²) in [7, 11) is 0. The Kier molecular flexibility index (Phi) is 6.47. The van der Waals surface area contributed by atoms with Crippen molar-refractivity contribution in [2.75, 3.05) is 19.8 Å². The summed E-state index contributed by atoms with van der Waals surface area (Å²) < 4.78 is 17.1. The summed E-state index contributed by atoms with van der Waals surface area (Å²) in [6.45, 7) is 3.74. The molecule has 4 rings (SSSR count). The van der Waals surface area contributed by atoms with Crippen LogP contribution in [0.15, 0.2) is 52.6 Å². The molecule has 1 fully saturated rings. The quantitative estimate of drug-likeness (QED) is 0.586. The first-order valence-corrected chi connectivity index (χ1v) is 10.7. The minimum atomic E-state index is -0.861. The fourth-order valence-corrected chi connectivity index (χ4v) is 4.34. The van der Waals surface area contributed by atoms with Crippen molar-refractivity contribution < 1.29 is 23.8 Å². The highest BCUT2D eigenvalue weighted by molar-refractivity contribution is 7.09. The van der Waals surface area contributed by atoms with Gasteiger partial charge in [0, 0.05) is 24.4 Å². The molecule has 0 spiro atoms. The second-order valence-corrected chi connectivity index (χ2v) is 8.26. The van der Waals surface area contributed by atoms with Crippen LogP contribution in [-0.2, 0) is 22.5 Å². The van der Waals surface area contributed by atoms with E-state index in [0.717, 1.165) is 22.8 Å². The summed E-state index contributed by atoms with van der Waals surface area (Å²) in [6.07, 6.45) is 1.86. The molecule has 30 heavy (non-hydrogen) atoms. The van der Waals surface area contributed by atoms with Crippen molar-refractivity contribution in [1.82, 2.24) is 9.88 Å². The molecule has 0 radical (unpaired) electrons. The van der Waals surface area contributed by atoms with E-state index in [0.29, 0.717) is 26.1 Å². The van der Waals surface area contributed by atoms with E-state index >= 15 is 0 Å². The monoisotopic (exact) mass is 428 g/mol. The summed E-state index contributed by atoms with van der Waals surface area (Å²) >= 11 is 1.68. The minimum absolute atomic E-state index is 0.208. The normalized spacial score (nSPS) is 18.2. The van der Waals surface area contributed by atoms with Crippen molar-refractivity contribution >= 4 is 17.3 Å². The summed E-state index contributed by atoms with van der Waals surface area (Å²) in [5.74, 6) is 0.599. The van der Waals surface area contributed by atoms with Gasteiger partial charge in [0.25, 0.3) is 0 Å². The highest BCUT2D eigenvalue weighted by Crippen LogP contribution is 2.29. The van der Waals surface area contributed by atoms with Crippen LogP contribution in [0.1, 0.15) is 28.0 Å². The van der Waals surface area contributed by atoms with E-state index in [4.69, 9.17) is 13.9 Å². The molecule has 0 aliphatic carbocycles. The number of nitrogens with zero attached hydrogens (tertiary/aromatic N) is 2. The lowest BCUT2D eigenvalue weighted by Crippen LogP contribution is -2.49. The number of ether oxygens (including phenoxy) is 2. The van der Waals surface area contributed by atoms with Gasteiger partial charge in [-0.1, -0.05) is 18.2 Å². The molecule has 3 aromatic rings. The van der Waals surface area contributed by atoms with Gasteiger partial charge in [-0.15, -0.1) is 11.3 Å². The molecule has 8 heteroatoms. The number of aromatic nitrogens is 1. The molecule has 1 N–H and O–H groups in total. The second-order valence-electron chi connectivity index (χ2n) is 7.23. The zero-order chi connectivity index (χ0) is 20.9. The van der Waals surface area contributed by atoms with Crippen LogP contribution in [-0.4, -0.2) is 46.8 Å². The predicted octanol–water partition coefficient (Wildman–Crippen LogP) is 3.69. The first-order chi connectivity index (χ1) is 14.6. The van der Waals surface area contributed by atoms with Crippen LogP contribution < -0.4 is 4.74 Å². The Hall–Kier alpha value is -2.68. The number of aryl methyl sites for hydroxylation is 1. The molecule has 1 unspecified atom stereocenters. The molecule has 0 bridgehead atoms. The van der Waals surface area contributed by atoms with Crippen molar-refractivity contribution in [3.63, 3.8) is 0 Å². The zero-order valence-electron chi connectivity index (χ0n) is 16.7.